The van der Waals surface area contributed by atoms with E-state index in [1.807, 2.05) is 0 Å². The smallest absolute Gasteiger partial charge is 0.303 e. The summed E-state index contributed by atoms with van der Waals surface area (Å²) in [5.41, 5.74) is 0. The molecule has 0 aromatic rings. The van der Waals surface area contributed by atoms with Crippen molar-refractivity contribution >= 4 is 33.8 Å². The summed E-state index contributed by atoms with van der Waals surface area (Å²) in [7, 11) is 0. The Morgan fingerprint density at radius 2 is 1.50 bits per heavy atom. The van der Waals surface area contributed by atoms with Gasteiger partial charge in [-0.1, -0.05) is 15.9 Å². The fourth-order valence-corrected chi connectivity index (χ4v) is 2.85. The number of hydrogen-bond donors (Lipinski definition) is 1. The van der Waals surface area contributed by atoms with Crippen LogP contribution in [0.4, 0.5) is 0 Å². The van der Waals surface area contributed by atoms with Gasteiger partial charge in [-0.2, -0.15) is 0 Å². The topological polar surface area (TPSA) is 108 Å². The second-order valence-corrected chi connectivity index (χ2v) is 6.58. The Bertz CT molecular complexity index is 449. The second kappa shape index (κ2) is 7.38. The van der Waals surface area contributed by atoms with Crippen LogP contribution in [0.3, 0.4) is 0 Å². The van der Waals surface area contributed by atoms with Crippen LogP contribution in [0, 0.1) is 0 Å². The lowest BCUT2D eigenvalue weighted by Gasteiger charge is -2.47. The third kappa shape index (κ3) is 4.65. The van der Waals surface area contributed by atoms with Crippen molar-refractivity contribution < 1.29 is 38.4 Å². The van der Waals surface area contributed by atoms with E-state index in [0.717, 1.165) is 0 Å². The maximum Gasteiger partial charge on any atom is 0.303 e. The number of carbonyl (C=O) groups is 3. The number of esters is 3. The summed E-state index contributed by atoms with van der Waals surface area (Å²) in [6.07, 6.45) is -4.26. The standard InChI is InChI=1S/C13H19BrO8/c1-6(16)19-10-9(5-15)22-13(4,14)12(21-8(3)18)11(10)20-7(2)17/h9-12,15H,5H2,1-4H3/t9-,10-,11+,12-,13-/m1/s1. The summed E-state index contributed by atoms with van der Waals surface area (Å²) in [6.45, 7) is 4.59. The van der Waals surface area contributed by atoms with Crippen LogP contribution < -0.4 is 0 Å². The number of rotatable bonds is 4. The molecule has 126 valence electrons. The zero-order chi connectivity index (χ0) is 17.1. The molecule has 0 amide bonds. The summed E-state index contributed by atoms with van der Waals surface area (Å²) >= 11 is 3.25. The van der Waals surface area contributed by atoms with Gasteiger partial charge in [0.05, 0.1) is 6.61 Å². The van der Waals surface area contributed by atoms with Gasteiger partial charge in [0.15, 0.2) is 22.8 Å². The van der Waals surface area contributed by atoms with Gasteiger partial charge in [0.2, 0.25) is 0 Å². The Morgan fingerprint density at radius 3 is 1.91 bits per heavy atom. The van der Waals surface area contributed by atoms with Crippen LogP contribution in [0.5, 0.6) is 0 Å². The van der Waals surface area contributed by atoms with Gasteiger partial charge >= 0.3 is 17.9 Å². The highest BCUT2D eigenvalue weighted by molar-refractivity contribution is 9.10. The van der Waals surface area contributed by atoms with Gasteiger partial charge in [0, 0.05) is 20.8 Å². The Morgan fingerprint density at radius 1 is 1.05 bits per heavy atom. The van der Waals surface area contributed by atoms with Crippen molar-refractivity contribution in [3.63, 3.8) is 0 Å². The molecule has 1 saturated heterocycles. The predicted octanol–water partition coefficient (Wildman–Crippen LogP) is 0.284. The molecule has 0 spiro atoms. The van der Waals surface area contributed by atoms with E-state index in [1.54, 1.807) is 6.92 Å². The van der Waals surface area contributed by atoms with E-state index in [0.29, 0.717) is 0 Å². The minimum Gasteiger partial charge on any atom is -0.456 e. The van der Waals surface area contributed by atoms with Crippen LogP contribution >= 0.6 is 15.9 Å². The molecular weight excluding hydrogens is 364 g/mol. The van der Waals surface area contributed by atoms with E-state index in [1.165, 1.54) is 20.8 Å². The number of aliphatic hydroxyl groups is 1. The molecule has 9 heteroatoms. The monoisotopic (exact) mass is 382 g/mol. The molecule has 0 aliphatic carbocycles. The first-order valence-corrected chi connectivity index (χ1v) is 7.37. The number of alkyl halides is 1. The van der Waals surface area contributed by atoms with E-state index in [9.17, 15) is 19.5 Å². The van der Waals surface area contributed by atoms with E-state index in [2.05, 4.69) is 15.9 Å². The van der Waals surface area contributed by atoms with Gasteiger partial charge in [0.1, 0.15) is 6.10 Å². The predicted molar refractivity (Wildman–Crippen MR) is 76.0 cm³/mol. The van der Waals surface area contributed by atoms with E-state index >= 15 is 0 Å². The molecule has 1 rings (SSSR count). The summed E-state index contributed by atoms with van der Waals surface area (Å²) in [5.74, 6) is -1.93. The zero-order valence-electron chi connectivity index (χ0n) is 12.7. The first-order chi connectivity index (χ1) is 10.1. The number of aliphatic hydroxyl groups excluding tert-OH is 1. The molecule has 0 aromatic heterocycles. The lowest BCUT2D eigenvalue weighted by atomic mass is 9.95. The zero-order valence-corrected chi connectivity index (χ0v) is 14.3. The van der Waals surface area contributed by atoms with Gasteiger partial charge in [-0.05, 0) is 6.92 Å². The van der Waals surface area contributed by atoms with Gasteiger partial charge in [0.25, 0.3) is 0 Å². The molecule has 0 saturated carbocycles. The minimum atomic E-state index is -1.23. The van der Waals surface area contributed by atoms with Crippen LogP contribution in [-0.2, 0) is 33.3 Å². The fraction of sp³-hybridized carbons (Fsp3) is 0.769. The van der Waals surface area contributed by atoms with Crippen LogP contribution in [0.2, 0.25) is 0 Å². The molecule has 5 atom stereocenters. The average molecular weight is 383 g/mol. The third-order valence-corrected chi connectivity index (χ3v) is 3.59. The lowest BCUT2D eigenvalue weighted by molar-refractivity contribution is -0.255. The maximum absolute atomic E-state index is 11.4. The highest BCUT2D eigenvalue weighted by Gasteiger charge is 2.56. The van der Waals surface area contributed by atoms with Crippen LogP contribution in [0.15, 0.2) is 0 Å². The van der Waals surface area contributed by atoms with E-state index in [-0.39, 0.29) is 0 Å². The van der Waals surface area contributed by atoms with Crippen molar-refractivity contribution in [1.29, 1.82) is 0 Å². The van der Waals surface area contributed by atoms with Gasteiger partial charge in [-0.15, -0.1) is 0 Å². The van der Waals surface area contributed by atoms with Gasteiger partial charge in [-0.25, -0.2) is 0 Å². The van der Waals surface area contributed by atoms with Crippen molar-refractivity contribution in [1.82, 2.24) is 0 Å². The molecule has 8 nitrogen and oxygen atoms in total. The number of halogens is 1. The summed E-state index contributed by atoms with van der Waals surface area (Å²) in [6, 6.07) is 0. The van der Waals surface area contributed by atoms with Gasteiger partial charge in [-0.3, -0.25) is 14.4 Å². The average Bonchev–Trinajstić information content (AvgIpc) is 2.35. The van der Waals surface area contributed by atoms with Crippen molar-refractivity contribution in [3.05, 3.63) is 0 Å². The minimum absolute atomic E-state index is 0.482. The highest BCUT2D eigenvalue weighted by Crippen LogP contribution is 2.39. The molecular formula is C13H19BrO8. The Balaban J connectivity index is 3.21. The molecule has 1 heterocycles. The third-order valence-electron chi connectivity index (χ3n) is 2.96. The lowest BCUT2D eigenvalue weighted by Crippen LogP contribution is -2.64. The molecule has 0 unspecified atom stereocenters. The first-order valence-electron chi connectivity index (χ1n) is 6.57. The quantitative estimate of drug-likeness (QED) is 0.419. The first kappa shape index (κ1) is 18.9. The normalized spacial score (nSPS) is 34.6. The summed E-state index contributed by atoms with van der Waals surface area (Å²) in [5, 5.41) is 9.44. The van der Waals surface area contributed by atoms with Gasteiger partial charge < -0.3 is 24.1 Å². The molecule has 0 aromatic carbocycles. The number of ether oxygens (including phenoxy) is 4. The van der Waals surface area contributed by atoms with Crippen molar-refractivity contribution in [2.45, 2.75) is 56.6 Å². The SMILES string of the molecule is CC(=O)O[C@H]1[C@H](OC(C)=O)[C@@H](CO)O[C@@](C)(Br)[C@@H]1OC(C)=O. The molecule has 1 N–H and O–H groups in total. The van der Waals surface area contributed by atoms with E-state index in [4.69, 9.17) is 18.9 Å². The largest absolute Gasteiger partial charge is 0.456 e. The Kier molecular flexibility index (Phi) is 6.33. The van der Waals surface area contributed by atoms with Crippen LogP contribution in [-0.4, -0.2) is 58.5 Å². The Labute approximate surface area is 136 Å². The highest BCUT2D eigenvalue weighted by atomic mass is 79.9. The van der Waals surface area contributed by atoms with Crippen LogP contribution in [0.1, 0.15) is 27.7 Å². The summed E-state index contributed by atoms with van der Waals surface area (Å²) < 4.78 is 19.8. The van der Waals surface area contributed by atoms with Crippen molar-refractivity contribution in [2.24, 2.45) is 0 Å². The maximum atomic E-state index is 11.4. The molecule has 1 fully saturated rings. The molecule has 1 aliphatic heterocycles. The Hall–Kier alpha value is -1.19. The number of carbonyl (C=O) groups excluding carboxylic acids is 3. The van der Waals surface area contributed by atoms with E-state index < -0.39 is 53.4 Å². The fourth-order valence-electron chi connectivity index (χ4n) is 2.25. The van der Waals surface area contributed by atoms with Crippen molar-refractivity contribution in [2.75, 3.05) is 6.61 Å². The molecule has 1 aliphatic rings. The second-order valence-electron chi connectivity index (χ2n) is 5.00. The number of hydrogen-bond acceptors (Lipinski definition) is 8. The molecule has 22 heavy (non-hydrogen) atoms. The molecule has 0 bridgehead atoms. The molecule has 0 radical (unpaired) electrons. The summed E-state index contributed by atoms with van der Waals surface area (Å²) in [4.78, 5) is 33.9. The van der Waals surface area contributed by atoms with Crippen LogP contribution in [0.25, 0.3) is 0 Å². The van der Waals surface area contributed by atoms with Crippen molar-refractivity contribution in [3.8, 4) is 0 Å².